The highest BCUT2D eigenvalue weighted by Crippen LogP contribution is 2.33. The maximum absolute atomic E-state index is 12.7. The first-order valence-corrected chi connectivity index (χ1v) is 6.40. The van der Waals surface area contributed by atoms with Gasteiger partial charge in [0, 0.05) is 6.54 Å². The molecule has 3 nitrogen and oxygen atoms in total. The lowest BCUT2D eigenvalue weighted by Crippen LogP contribution is -2.43. The molecule has 6 heteroatoms. The Labute approximate surface area is 115 Å². The van der Waals surface area contributed by atoms with E-state index in [1.54, 1.807) is 6.07 Å². The number of hydrogen-bond donors (Lipinski definition) is 1. The summed E-state index contributed by atoms with van der Waals surface area (Å²) in [7, 11) is 1.32. The fraction of sp³-hybridized carbons (Fsp3) is 0.500. The summed E-state index contributed by atoms with van der Waals surface area (Å²) < 4.78 is 42.7. The molecule has 0 spiro atoms. The highest BCUT2D eigenvalue weighted by atomic mass is 19.4. The molecule has 0 unspecified atom stereocenters. The fourth-order valence-electron chi connectivity index (χ4n) is 2.45. The quantitative estimate of drug-likeness (QED) is 0.850. The van der Waals surface area contributed by atoms with E-state index in [0.29, 0.717) is 24.9 Å². The number of benzene rings is 1. The molecule has 0 aliphatic carbocycles. The number of piperidine rings is 1. The third-order valence-corrected chi connectivity index (χ3v) is 3.59. The van der Waals surface area contributed by atoms with Crippen LogP contribution in [0.3, 0.4) is 0 Å². The molecule has 1 N–H and O–H groups in total. The average molecular weight is 287 g/mol. The molecule has 20 heavy (non-hydrogen) atoms. The first kappa shape index (κ1) is 14.8. The monoisotopic (exact) mass is 287 g/mol. The number of halogens is 3. The van der Waals surface area contributed by atoms with E-state index in [0.717, 1.165) is 6.07 Å². The van der Waals surface area contributed by atoms with Gasteiger partial charge >= 0.3 is 12.1 Å². The van der Waals surface area contributed by atoms with E-state index in [9.17, 15) is 18.0 Å². The van der Waals surface area contributed by atoms with Crippen molar-refractivity contribution in [2.24, 2.45) is 0 Å². The topological polar surface area (TPSA) is 38.3 Å². The van der Waals surface area contributed by atoms with E-state index in [1.807, 2.05) is 0 Å². The summed E-state index contributed by atoms with van der Waals surface area (Å²) in [5.74, 6) is -0.342. The van der Waals surface area contributed by atoms with Gasteiger partial charge in [-0.2, -0.15) is 13.2 Å². The van der Waals surface area contributed by atoms with Crippen LogP contribution in [0.4, 0.5) is 13.2 Å². The van der Waals surface area contributed by atoms with Gasteiger partial charge in [0.2, 0.25) is 0 Å². The molecule has 1 heterocycles. The molecule has 1 aliphatic heterocycles. The maximum atomic E-state index is 12.7. The SMILES string of the molecule is COC(=O)[C@@H]1CC[C@H](c2cccc(C(F)(F)F)c2)CN1. The molecule has 1 aromatic rings. The van der Waals surface area contributed by atoms with Crippen LogP contribution in [0.25, 0.3) is 0 Å². The van der Waals surface area contributed by atoms with Gasteiger partial charge in [-0.3, -0.25) is 4.79 Å². The van der Waals surface area contributed by atoms with Gasteiger partial charge in [0.15, 0.2) is 0 Å². The Morgan fingerprint density at radius 2 is 2.10 bits per heavy atom. The highest BCUT2D eigenvalue weighted by Gasteiger charge is 2.32. The first-order chi connectivity index (χ1) is 9.41. The normalized spacial score (nSPS) is 23.4. The zero-order valence-electron chi connectivity index (χ0n) is 11.0. The Bertz CT molecular complexity index is 480. The van der Waals surface area contributed by atoms with E-state index in [2.05, 4.69) is 10.1 Å². The Morgan fingerprint density at radius 1 is 1.35 bits per heavy atom. The summed E-state index contributed by atoms with van der Waals surface area (Å²) in [5.41, 5.74) is 0.0146. The van der Waals surface area contributed by atoms with Crippen LogP contribution in [0.5, 0.6) is 0 Å². The van der Waals surface area contributed by atoms with Crippen LogP contribution >= 0.6 is 0 Å². The van der Waals surface area contributed by atoms with Crippen LogP contribution in [0.2, 0.25) is 0 Å². The van der Waals surface area contributed by atoms with Gasteiger partial charge in [0.1, 0.15) is 6.04 Å². The molecule has 2 atom stereocenters. The smallest absolute Gasteiger partial charge is 0.416 e. The lowest BCUT2D eigenvalue weighted by Gasteiger charge is -2.28. The predicted octanol–water partition coefficient (Wildman–Crippen LogP) is 2.71. The van der Waals surface area contributed by atoms with Crippen LogP contribution < -0.4 is 5.32 Å². The van der Waals surface area contributed by atoms with Crippen LogP contribution in [0.15, 0.2) is 24.3 Å². The Morgan fingerprint density at radius 3 is 2.65 bits per heavy atom. The van der Waals surface area contributed by atoms with E-state index in [-0.39, 0.29) is 17.9 Å². The summed E-state index contributed by atoms with van der Waals surface area (Å²) in [6.07, 6.45) is -3.10. The minimum Gasteiger partial charge on any atom is -0.468 e. The van der Waals surface area contributed by atoms with E-state index < -0.39 is 11.7 Å². The van der Waals surface area contributed by atoms with Crippen molar-refractivity contribution in [1.29, 1.82) is 0 Å². The Kier molecular flexibility index (Phi) is 4.32. The lowest BCUT2D eigenvalue weighted by atomic mass is 9.88. The predicted molar refractivity (Wildman–Crippen MR) is 67.2 cm³/mol. The molecular weight excluding hydrogens is 271 g/mol. The van der Waals surface area contributed by atoms with Gasteiger partial charge in [-0.05, 0) is 30.4 Å². The second kappa shape index (κ2) is 5.83. The number of carbonyl (C=O) groups is 1. The number of alkyl halides is 3. The number of nitrogens with one attached hydrogen (secondary N) is 1. The molecule has 2 rings (SSSR count). The minimum absolute atomic E-state index is 0.0155. The van der Waals surface area contributed by atoms with Crippen LogP contribution in [0.1, 0.15) is 29.9 Å². The van der Waals surface area contributed by atoms with Crippen molar-refractivity contribution in [1.82, 2.24) is 5.32 Å². The summed E-state index contributed by atoms with van der Waals surface area (Å²) in [6.45, 7) is 0.473. The molecule has 0 bridgehead atoms. The summed E-state index contributed by atoms with van der Waals surface area (Å²) in [4.78, 5) is 11.4. The maximum Gasteiger partial charge on any atom is 0.416 e. The number of carbonyl (C=O) groups excluding carboxylic acids is 1. The summed E-state index contributed by atoms with van der Waals surface area (Å²) in [5, 5.41) is 3.02. The fourth-order valence-corrected chi connectivity index (χ4v) is 2.45. The van der Waals surface area contributed by atoms with Gasteiger partial charge in [-0.1, -0.05) is 18.2 Å². The Balaban J connectivity index is 2.06. The highest BCUT2D eigenvalue weighted by molar-refractivity contribution is 5.75. The van der Waals surface area contributed by atoms with Gasteiger partial charge < -0.3 is 10.1 Å². The van der Waals surface area contributed by atoms with Crippen LogP contribution in [-0.4, -0.2) is 25.7 Å². The zero-order chi connectivity index (χ0) is 14.8. The zero-order valence-corrected chi connectivity index (χ0v) is 11.0. The van der Waals surface area contributed by atoms with Gasteiger partial charge in [-0.25, -0.2) is 0 Å². The first-order valence-electron chi connectivity index (χ1n) is 6.40. The average Bonchev–Trinajstić information content (AvgIpc) is 2.46. The van der Waals surface area contributed by atoms with E-state index >= 15 is 0 Å². The molecule has 1 fully saturated rings. The van der Waals surface area contributed by atoms with E-state index in [1.165, 1.54) is 19.2 Å². The standard InChI is InChI=1S/C14H16F3NO2/c1-20-13(19)12-6-5-10(8-18-12)9-3-2-4-11(7-9)14(15,16)17/h2-4,7,10,12,18H,5-6,8H2,1H3/t10-,12-/m0/s1. The summed E-state index contributed by atoms with van der Waals surface area (Å²) in [6, 6.07) is 5.01. The molecule has 0 saturated carbocycles. The number of methoxy groups -OCH3 is 1. The van der Waals surface area contributed by atoms with Crippen molar-refractivity contribution < 1.29 is 22.7 Å². The van der Waals surface area contributed by atoms with Crippen molar-refractivity contribution in [3.8, 4) is 0 Å². The largest absolute Gasteiger partial charge is 0.468 e. The molecule has 0 radical (unpaired) electrons. The molecule has 1 saturated heterocycles. The second-order valence-corrected chi connectivity index (χ2v) is 4.88. The van der Waals surface area contributed by atoms with Crippen molar-refractivity contribution in [3.63, 3.8) is 0 Å². The molecule has 1 aliphatic rings. The molecule has 1 aromatic carbocycles. The molecule has 0 aromatic heterocycles. The Hall–Kier alpha value is -1.56. The number of hydrogen-bond acceptors (Lipinski definition) is 3. The van der Waals surface area contributed by atoms with Crippen LogP contribution in [0, 0.1) is 0 Å². The second-order valence-electron chi connectivity index (χ2n) is 4.88. The number of rotatable bonds is 2. The van der Waals surface area contributed by atoms with Gasteiger partial charge in [-0.15, -0.1) is 0 Å². The third kappa shape index (κ3) is 3.30. The third-order valence-electron chi connectivity index (χ3n) is 3.59. The van der Waals surface area contributed by atoms with Crippen molar-refractivity contribution >= 4 is 5.97 Å². The molecular formula is C14H16F3NO2. The number of esters is 1. The number of ether oxygens (including phenoxy) is 1. The van der Waals surface area contributed by atoms with E-state index in [4.69, 9.17) is 0 Å². The lowest BCUT2D eigenvalue weighted by molar-refractivity contribution is -0.143. The van der Waals surface area contributed by atoms with Gasteiger partial charge in [0.05, 0.1) is 12.7 Å². The van der Waals surface area contributed by atoms with Crippen molar-refractivity contribution in [2.75, 3.05) is 13.7 Å². The molecule has 0 amide bonds. The van der Waals surface area contributed by atoms with Gasteiger partial charge in [0.25, 0.3) is 0 Å². The molecule has 110 valence electrons. The van der Waals surface area contributed by atoms with Crippen molar-refractivity contribution in [3.05, 3.63) is 35.4 Å². The van der Waals surface area contributed by atoms with Crippen molar-refractivity contribution in [2.45, 2.75) is 31.0 Å². The summed E-state index contributed by atoms with van der Waals surface area (Å²) >= 11 is 0. The minimum atomic E-state index is -4.33. The van der Waals surface area contributed by atoms with Crippen LogP contribution in [-0.2, 0) is 15.7 Å².